The molecule has 0 amide bonds. The molecule has 0 bridgehead atoms. The molecule has 0 saturated carbocycles. The highest BCUT2D eigenvalue weighted by Crippen LogP contribution is 1.95. The van der Waals surface area contributed by atoms with Gasteiger partial charge in [0.2, 0.25) is 0 Å². The number of nitrogens with zero attached hydrogens (tertiary/aromatic N) is 4. The minimum absolute atomic E-state index is 0.292. The quantitative estimate of drug-likeness (QED) is 0.565. The van der Waals surface area contributed by atoms with Gasteiger partial charge in [0.05, 0.1) is 12.7 Å². The highest BCUT2D eigenvalue weighted by Gasteiger charge is 2.16. The molecule has 0 fully saturated rings. The molecular weight excluding hydrogens is 280 g/mol. The molecule has 8 nitrogen and oxygen atoms in total. The Bertz CT molecular complexity index is 459. The Hall–Kier alpha value is -1.03. The summed E-state index contributed by atoms with van der Waals surface area (Å²) in [6, 6.07) is 0.415. The van der Waals surface area contributed by atoms with Crippen molar-refractivity contribution in [3.8, 4) is 0 Å². The van der Waals surface area contributed by atoms with E-state index < -0.39 is 10.2 Å². The molecule has 0 aromatic carbocycles. The lowest BCUT2D eigenvalue weighted by molar-refractivity contribution is 0.436. The summed E-state index contributed by atoms with van der Waals surface area (Å²) < 4.78 is 29.3. The van der Waals surface area contributed by atoms with Crippen molar-refractivity contribution in [2.75, 3.05) is 26.7 Å². The van der Waals surface area contributed by atoms with Gasteiger partial charge >= 0.3 is 0 Å². The molecule has 0 aliphatic heterocycles. The third kappa shape index (κ3) is 6.42. The van der Waals surface area contributed by atoms with Crippen LogP contribution in [0.1, 0.15) is 20.3 Å². The van der Waals surface area contributed by atoms with E-state index in [2.05, 4.69) is 34.2 Å². The molecule has 0 aliphatic rings. The Labute approximate surface area is 120 Å². The van der Waals surface area contributed by atoms with Crippen LogP contribution in [0.4, 0.5) is 0 Å². The van der Waals surface area contributed by atoms with Gasteiger partial charge in [0.15, 0.2) is 0 Å². The number of nitrogens with one attached hydrogen (secondary N) is 2. The number of aromatic nitrogens is 3. The van der Waals surface area contributed by atoms with Crippen molar-refractivity contribution in [2.45, 2.75) is 32.9 Å². The molecule has 2 N–H and O–H groups in total. The zero-order chi connectivity index (χ0) is 15.0. The molecule has 0 radical (unpaired) electrons. The second-order valence-electron chi connectivity index (χ2n) is 4.85. The molecule has 1 aromatic heterocycles. The standard InChI is InChI=1S/C11H24N6O2S/c1-11(2)12-5-4-8-16(3)20(18,19)14-7-10-17-9-6-13-15-17/h6,9,11-12,14H,4-5,7-8,10H2,1-3H3. The van der Waals surface area contributed by atoms with Gasteiger partial charge in [-0.15, -0.1) is 5.10 Å². The Kier molecular flexibility index (Phi) is 7.06. The summed E-state index contributed by atoms with van der Waals surface area (Å²) >= 11 is 0. The minimum Gasteiger partial charge on any atom is -0.314 e. The van der Waals surface area contributed by atoms with E-state index in [1.807, 2.05) is 0 Å². The van der Waals surface area contributed by atoms with Gasteiger partial charge in [-0.25, -0.2) is 4.72 Å². The van der Waals surface area contributed by atoms with E-state index in [0.29, 0.717) is 25.7 Å². The summed E-state index contributed by atoms with van der Waals surface area (Å²) in [5, 5.41) is 10.7. The molecule has 1 rings (SSSR count). The van der Waals surface area contributed by atoms with Crippen LogP contribution in [-0.4, -0.2) is 60.4 Å². The van der Waals surface area contributed by atoms with Crippen molar-refractivity contribution < 1.29 is 8.42 Å². The largest absolute Gasteiger partial charge is 0.314 e. The predicted octanol–water partition coefficient (Wildman–Crippen LogP) is -0.568. The molecule has 1 aromatic rings. The Morgan fingerprint density at radius 1 is 1.35 bits per heavy atom. The molecule has 0 atom stereocenters. The second-order valence-corrected chi connectivity index (χ2v) is 6.71. The fourth-order valence-corrected chi connectivity index (χ4v) is 2.50. The van der Waals surface area contributed by atoms with Gasteiger partial charge < -0.3 is 5.32 Å². The number of hydrogen-bond acceptors (Lipinski definition) is 5. The molecule has 20 heavy (non-hydrogen) atoms. The van der Waals surface area contributed by atoms with E-state index in [-0.39, 0.29) is 0 Å². The van der Waals surface area contributed by atoms with E-state index in [4.69, 9.17) is 0 Å². The fraction of sp³-hybridized carbons (Fsp3) is 0.818. The summed E-state index contributed by atoms with van der Waals surface area (Å²) in [7, 11) is -1.84. The van der Waals surface area contributed by atoms with Crippen LogP contribution in [0, 0.1) is 0 Å². The Balaban J connectivity index is 2.24. The molecule has 0 saturated heterocycles. The summed E-state index contributed by atoms with van der Waals surface area (Å²) in [6.45, 7) is 6.16. The average molecular weight is 304 g/mol. The van der Waals surface area contributed by atoms with Crippen molar-refractivity contribution in [3.63, 3.8) is 0 Å². The normalized spacial score (nSPS) is 12.4. The minimum atomic E-state index is -3.42. The van der Waals surface area contributed by atoms with Crippen LogP contribution in [0.25, 0.3) is 0 Å². The van der Waals surface area contributed by atoms with E-state index >= 15 is 0 Å². The monoisotopic (exact) mass is 304 g/mol. The number of rotatable bonds is 10. The predicted molar refractivity (Wildman–Crippen MR) is 77.3 cm³/mol. The molecule has 1 heterocycles. The van der Waals surface area contributed by atoms with Crippen LogP contribution < -0.4 is 10.0 Å². The van der Waals surface area contributed by atoms with Gasteiger partial charge in [-0.1, -0.05) is 19.1 Å². The van der Waals surface area contributed by atoms with Gasteiger partial charge in [0.1, 0.15) is 0 Å². The van der Waals surface area contributed by atoms with Crippen LogP contribution in [-0.2, 0) is 16.8 Å². The van der Waals surface area contributed by atoms with Crippen LogP contribution in [0.15, 0.2) is 12.4 Å². The molecular formula is C11H24N6O2S. The summed E-state index contributed by atoms with van der Waals surface area (Å²) in [5.41, 5.74) is 0. The van der Waals surface area contributed by atoms with Crippen molar-refractivity contribution in [3.05, 3.63) is 12.4 Å². The summed E-state index contributed by atoms with van der Waals surface area (Å²) in [4.78, 5) is 0. The van der Waals surface area contributed by atoms with Gasteiger partial charge in [-0.2, -0.15) is 12.7 Å². The maximum atomic E-state index is 11.9. The molecule has 116 valence electrons. The fourth-order valence-electron chi connectivity index (χ4n) is 1.56. The van der Waals surface area contributed by atoms with Crippen LogP contribution >= 0.6 is 0 Å². The topological polar surface area (TPSA) is 92.2 Å². The van der Waals surface area contributed by atoms with Crippen molar-refractivity contribution in [1.29, 1.82) is 0 Å². The zero-order valence-electron chi connectivity index (χ0n) is 12.3. The lowest BCUT2D eigenvalue weighted by atomic mass is 10.3. The van der Waals surface area contributed by atoms with Gasteiger partial charge in [-0.05, 0) is 13.0 Å². The second kappa shape index (κ2) is 8.30. The first-order valence-electron chi connectivity index (χ1n) is 6.70. The van der Waals surface area contributed by atoms with E-state index in [0.717, 1.165) is 13.0 Å². The highest BCUT2D eigenvalue weighted by molar-refractivity contribution is 7.87. The van der Waals surface area contributed by atoms with Crippen LogP contribution in [0.5, 0.6) is 0 Å². The van der Waals surface area contributed by atoms with Crippen LogP contribution in [0.3, 0.4) is 0 Å². The average Bonchev–Trinajstić information content (AvgIpc) is 2.87. The maximum Gasteiger partial charge on any atom is 0.279 e. The first-order chi connectivity index (χ1) is 9.42. The first-order valence-corrected chi connectivity index (χ1v) is 8.14. The van der Waals surface area contributed by atoms with E-state index in [9.17, 15) is 8.42 Å². The third-order valence-electron chi connectivity index (χ3n) is 2.71. The Morgan fingerprint density at radius 3 is 2.70 bits per heavy atom. The molecule has 9 heteroatoms. The van der Waals surface area contributed by atoms with Gasteiger partial charge in [0.25, 0.3) is 10.2 Å². The van der Waals surface area contributed by atoms with Crippen molar-refractivity contribution in [1.82, 2.24) is 29.3 Å². The van der Waals surface area contributed by atoms with Crippen LogP contribution in [0.2, 0.25) is 0 Å². The van der Waals surface area contributed by atoms with Crippen molar-refractivity contribution in [2.24, 2.45) is 0 Å². The number of hydrogen-bond donors (Lipinski definition) is 2. The smallest absolute Gasteiger partial charge is 0.279 e. The van der Waals surface area contributed by atoms with Gasteiger partial charge in [0, 0.05) is 32.4 Å². The zero-order valence-corrected chi connectivity index (χ0v) is 13.1. The third-order valence-corrected chi connectivity index (χ3v) is 4.28. The Morgan fingerprint density at radius 2 is 2.10 bits per heavy atom. The summed E-state index contributed by atoms with van der Waals surface area (Å²) in [5.74, 6) is 0. The van der Waals surface area contributed by atoms with E-state index in [1.165, 1.54) is 4.31 Å². The van der Waals surface area contributed by atoms with Crippen molar-refractivity contribution >= 4 is 10.2 Å². The SMILES string of the molecule is CC(C)NCCCN(C)S(=O)(=O)NCCn1ccnn1. The molecule has 0 unspecified atom stereocenters. The molecule has 0 spiro atoms. The lowest BCUT2D eigenvalue weighted by Crippen LogP contribution is -2.40. The van der Waals surface area contributed by atoms with Gasteiger partial charge in [-0.3, -0.25) is 4.68 Å². The highest BCUT2D eigenvalue weighted by atomic mass is 32.2. The summed E-state index contributed by atoms with van der Waals surface area (Å²) in [6.07, 6.45) is 4.02. The maximum absolute atomic E-state index is 11.9. The lowest BCUT2D eigenvalue weighted by Gasteiger charge is -2.18. The first kappa shape index (κ1) is 17.0. The molecule has 0 aliphatic carbocycles. The van der Waals surface area contributed by atoms with E-state index in [1.54, 1.807) is 24.1 Å².